The van der Waals surface area contributed by atoms with Gasteiger partial charge in [-0.2, -0.15) is 0 Å². The van der Waals surface area contributed by atoms with Gasteiger partial charge in [0, 0.05) is 12.6 Å². The first-order valence-electron chi connectivity index (χ1n) is 7.11. The van der Waals surface area contributed by atoms with Gasteiger partial charge >= 0.3 is 0 Å². The molecule has 4 heteroatoms. The molecule has 0 bridgehead atoms. The van der Waals surface area contributed by atoms with E-state index in [0.29, 0.717) is 23.1 Å². The molecule has 3 N–H and O–H groups in total. The lowest BCUT2D eigenvalue weighted by Crippen LogP contribution is -2.15. The highest BCUT2D eigenvalue weighted by molar-refractivity contribution is 5.95. The van der Waals surface area contributed by atoms with Crippen LogP contribution in [-0.2, 0) is 6.54 Å². The Morgan fingerprint density at radius 1 is 1.14 bits per heavy atom. The molecule has 0 aliphatic heterocycles. The van der Waals surface area contributed by atoms with Crippen molar-refractivity contribution in [3.05, 3.63) is 59.7 Å². The Bertz CT molecular complexity index is 633. The summed E-state index contributed by atoms with van der Waals surface area (Å²) >= 11 is 0. The minimum Gasteiger partial charge on any atom is -0.457 e. The van der Waals surface area contributed by atoms with Crippen molar-refractivity contribution in [1.82, 2.24) is 5.32 Å². The van der Waals surface area contributed by atoms with E-state index in [9.17, 15) is 4.79 Å². The van der Waals surface area contributed by atoms with Crippen molar-refractivity contribution < 1.29 is 9.53 Å². The van der Waals surface area contributed by atoms with Crippen molar-refractivity contribution in [1.29, 1.82) is 0 Å². The zero-order valence-corrected chi connectivity index (χ0v) is 11.7. The zero-order chi connectivity index (χ0) is 14.7. The lowest BCUT2D eigenvalue weighted by atomic mass is 10.2. The van der Waals surface area contributed by atoms with E-state index in [2.05, 4.69) is 5.32 Å². The predicted octanol–water partition coefficient (Wildman–Crippen LogP) is 2.83. The quantitative estimate of drug-likeness (QED) is 0.856. The number of primary amides is 1. The fourth-order valence-corrected chi connectivity index (χ4v) is 2.11. The monoisotopic (exact) mass is 282 g/mol. The van der Waals surface area contributed by atoms with Gasteiger partial charge < -0.3 is 15.8 Å². The molecule has 108 valence electrons. The van der Waals surface area contributed by atoms with Crippen LogP contribution in [0.3, 0.4) is 0 Å². The van der Waals surface area contributed by atoms with Crippen LogP contribution in [0.1, 0.15) is 28.8 Å². The van der Waals surface area contributed by atoms with Crippen LogP contribution in [0, 0.1) is 0 Å². The third-order valence-electron chi connectivity index (χ3n) is 3.48. The van der Waals surface area contributed by atoms with Crippen molar-refractivity contribution in [3.8, 4) is 11.5 Å². The van der Waals surface area contributed by atoms with Crippen LogP contribution in [0.5, 0.6) is 11.5 Å². The van der Waals surface area contributed by atoms with Crippen LogP contribution in [0.4, 0.5) is 0 Å². The molecule has 0 unspecified atom stereocenters. The lowest BCUT2D eigenvalue weighted by Gasteiger charge is -2.10. The van der Waals surface area contributed by atoms with E-state index in [4.69, 9.17) is 10.5 Å². The van der Waals surface area contributed by atoms with Crippen molar-refractivity contribution in [3.63, 3.8) is 0 Å². The maximum atomic E-state index is 11.4. The van der Waals surface area contributed by atoms with E-state index in [-0.39, 0.29) is 0 Å². The predicted molar refractivity (Wildman–Crippen MR) is 81.3 cm³/mol. The van der Waals surface area contributed by atoms with Gasteiger partial charge in [0.25, 0.3) is 5.91 Å². The van der Waals surface area contributed by atoms with E-state index >= 15 is 0 Å². The Morgan fingerprint density at radius 3 is 2.52 bits per heavy atom. The Morgan fingerprint density at radius 2 is 1.86 bits per heavy atom. The normalized spacial score (nSPS) is 13.9. The number of hydrogen-bond donors (Lipinski definition) is 2. The van der Waals surface area contributed by atoms with Gasteiger partial charge in [0.2, 0.25) is 0 Å². The second-order valence-corrected chi connectivity index (χ2v) is 5.26. The molecule has 1 fully saturated rings. The van der Waals surface area contributed by atoms with Crippen LogP contribution >= 0.6 is 0 Å². The highest BCUT2D eigenvalue weighted by Crippen LogP contribution is 2.25. The summed E-state index contributed by atoms with van der Waals surface area (Å²) in [6.45, 7) is 0.878. The fraction of sp³-hybridized carbons (Fsp3) is 0.235. The van der Waals surface area contributed by atoms with Gasteiger partial charge in [0.1, 0.15) is 11.5 Å². The highest BCUT2D eigenvalue weighted by atomic mass is 16.5. The number of carbonyl (C=O) groups is 1. The zero-order valence-electron chi connectivity index (χ0n) is 11.7. The van der Waals surface area contributed by atoms with Crippen molar-refractivity contribution in [2.24, 2.45) is 5.73 Å². The van der Waals surface area contributed by atoms with E-state index in [1.54, 1.807) is 18.2 Å². The summed E-state index contributed by atoms with van der Waals surface area (Å²) in [5.41, 5.74) is 6.94. The number of para-hydroxylation sites is 1. The molecule has 0 radical (unpaired) electrons. The fourth-order valence-electron chi connectivity index (χ4n) is 2.11. The number of nitrogens with two attached hydrogens (primary N) is 1. The minimum absolute atomic E-state index is 0.386. The highest BCUT2D eigenvalue weighted by Gasteiger charge is 2.19. The molecule has 0 aromatic heterocycles. The first-order chi connectivity index (χ1) is 10.2. The minimum atomic E-state index is -0.490. The van der Waals surface area contributed by atoms with Crippen LogP contribution in [0.2, 0.25) is 0 Å². The Labute approximate surface area is 123 Å². The second-order valence-electron chi connectivity index (χ2n) is 5.26. The first kappa shape index (κ1) is 13.6. The van der Waals surface area contributed by atoms with Gasteiger partial charge in [-0.05, 0) is 42.7 Å². The number of amides is 1. The van der Waals surface area contributed by atoms with Gasteiger partial charge in [-0.25, -0.2) is 0 Å². The topological polar surface area (TPSA) is 64.4 Å². The Balaban J connectivity index is 1.68. The number of nitrogens with one attached hydrogen (secondary N) is 1. The number of benzene rings is 2. The van der Waals surface area contributed by atoms with Crippen molar-refractivity contribution in [2.45, 2.75) is 25.4 Å². The molecule has 3 rings (SSSR count). The van der Waals surface area contributed by atoms with E-state index in [0.717, 1.165) is 6.54 Å². The molecular weight excluding hydrogens is 264 g/mol. The van der Waals surface area contributed by atoms with Gasteiger partial charge in [-0.15, -0.1) is 0 Å². The molecule has 0 heterocycles. The molecule has 0 atom stereocenters. The van der Waals surface area contributed by atoms with Crippen LogP contribution in [0.15, 0.2) is 48.5 Å². The maximum absolute atomic E-state index is 11.4. The van der Waals surface area contributed by atoms with Crippen LogP contribution in [0.25, 0.3) is 0 Å². The Hall–Kier alpha value is -2.33. The molecule has 2 aromatic rings. The average molecular weight is 282 g/mol. The third kappa shape index (κ3) is 3.61. The Kier molecular flexibility index (Phi) is 3.88. The van der Waals surface area contributed by atoms with Gasteiger partial charge in [0.05, 0.1) is 5.56 Å². The smallest absolute Gasteiger partial charge is 0.252 e. The largest absolute Gasteiger partial charge is 0.457 e. The standard InChI is InChI=1S/C17H18N2O2/c18-17(20)15-3-1-2-4-16(15)21-14-9-5-12(6-10-14)11-19-13-7-8-13/h1-6,9-10,13,19H,7-8,11H2,(H2,18,20). The number of hydrogen-bond acceptors (Lipinski definition) is 3. The summed E-state index contributed by atoms with van der Waals surface area (Å²) in [7, 11) is 0. The average Bonchev–Trinajstić information content (AvgIpc) is 3.31. The molecule has 1 aliphatic rings. The molecule has 21 heavy (non-hydrogen) atoms. The molecule has 0 spiro atoms. The van der Waals surface area contributed by atoms with Gasteiger partial charge in [0.15, 0.2) is 0 Å². The SMILES string of the molecule is NC(=O)c1ccccc1Oc1ccc(CNC2CC2)cc1. The molecule has 0 saturated heterocycles. The summed E-state index contributed by atoms with van der Waals surface area (Å²) in [6, 6.07) is 15.5. The van der Waals surface area contributed by atoms with E-state index in [1.807, 2.05) is 30.3 Å². The molecule has 2 aromatic carbocycles. The number of ether oxygens (including phenoxy) is 1. The molecule has 1 saturated carbocycles. The molecule has 4 nitrogen and oxygen atoms in total. The third-order valence-corrected chi connectivity index (χ3v) is 3.48. The molecular formula is C17H18N2O2. The number of carbonyl (C=O) groups excluding carboxylic acids is 1. The number of rotatable bonds is 6. The van der Waals surface area contributed by atoms with E-state index < -0.39 is 5.91 Å². The van der Waals surface area contributed by atoms with Gasteiger partial charge in [-0.3, -0.25) is 4.79 Å². The van der Waals surface area contributed by atoms with Crippen molar-refractivity contribution >= 4 is 5.91 Å². The lowest BCUT2D eigenvalue weighted by molar-refractivity contribution is 0.0998. The summed E-state index contributed by atoms with van der Waals surface area (Å²) in [4.78, 5) is 11.4. The summed E-state index contributed by atoms with van der Waals surface area (Å²) < 4.78 is 5.74. The molecule has 1 amide bonds. The first-order valence-corrected chi connectivity index (χ1v) is 7.11. The summed E-state index contributed by atoms with van der Waals surface area (Å²) in [6.07, 6.45) is 2.57. The van der Waals surface area contributed by atoms with E-state index in [1.165, 1.54) is 18.4 Å². The van der Waals surface area contributed by atoms with Crippen LogP contribution in [-0.4, -0.2) is 11.9 Å². The second kappa shape index (κ2) is 5.97. The maximum Gasteiger partial charge on any atom is 0.252 e. The molecule has 1 aliphatic carbocycles. The van der Waals surface area contributed by atoms with Gasteiger partial charge in [-0.1, -0.05) is 24.3 Å². The van der Waals surface area contributed by atoms with Crippen molar-refractivity contribution in [2.75, 3.05) is 0 Å². The van der Waals surface area contributed by atoms with Crippen LogP contribution < -0.4 is 15.8 Å². The summed E-state index contributed by atoms with van der Waals surface area (Å²) in [5.74, 6) is 0.684. The summed E-state index contributed by atoms with van der Waals surface area (Å²) in [5, 5.41) is 3.46.